The van der Waals surface area contributed by atoms with E-state index in [0.717, 1.165) is 12.1 Å². The Hall–Kier alpha value is -1.91. The number of halogens is 2. The number of hydrogen-bond acceptors (Lipinski definition) is 2. The van der Waals surface area contributed by atoms with E-state index in [1.165, 1.54) is 12.2 Å². The van der Waals surface area contributed by atoms with Gasteiger partial charge >= 0.3 is 0 Å². The lowest BCUT2D eigenvalue weighted by atomic mass is 10.1. The number of hydrogen-bond donors (Lipinski definition) is 1. The Morgan fingerprint density at radius 1 is 1.38 bits per heavy atom. The summed E-state index contributed by atoms with van der Waals surface area (Å²) < 4.78 is 26.3. The molecule has 0 spiro atoms. The number of aliphatic hydroxyl groups excluding tert-OH is 1. The maximum absolute atomic E-state index is 13.2. The van der Waals surface area contributed by atoms with Crippen molar-refractivity contribution < 1.29 is 13.9 Å². The highest BCUT2D eigenvalue weighted by atomic mass is 19.1. The molecule has 0 amide bonds. The molecule has 0 unspecified atom stereocenters. The van der Waals surface area contributed by atoms with Crippen molar-refractivity contribution in [3.63, 3.8) is 0 Å². The van der Waals surface area contributed by atoms with Gasteiger partial charge in [0.2, 0.25) is 0 Å². The van der Waals surface area contributed by atoms with Crippen LogP contribution < -0.4 is 0 Å². The molecule has 0 saturated heterocycles. The smallest absolute Gasteiger partial charge is 0.132 e. The molecule has 0 atom stereocenters. The van der Waals surface area contributed by atoms with Crippen LogP contribution in [0.25, 0.3) is 16.5 Å². The van der Waals surface area contributed by atoms with Gasteiger partial charge in [-0.2, -0.15) is 0 Å². The largest absolute Gasteiger partial charge is 0.391 e. The lowest BCUT2D eigenvalue weighted by molar-refractivity contribution is 0.269. The number of rotatable bonds is 4. The van der Waals surface area contributed by atoms with Gasteiger partial charge in [-0.05, 0) is 23.2 Å². The van der Waals surface area contributed by atoms with Gasteiger partial charge in [-0.3, -0.25) is 0 Å². The van der Waals surface area contributed by atoms with Crippen LogP contribution in [0.3, 0.4) is 0 Å². The topological polar surface area (TPSA) is 69.0 Å². The first-order valence-electron chi connectivity index (χ1n) is 4.45. The molecular weight excluding hydrogens is 216 g/mol. The first kappa shape index (κ1) is 12.2. The summed E-state index contributed by atoms with van der Waals surface area (Å²) in [7, 11) is 0. The zero-order chi connectivity index (χ0) is 12.0. The second kappa shape index (κ2) is 5.85. The van der Waals surface area contributed by atoms with Gasteiger partial charge in [0.05, 0.1) is 6.61 Å². The highest BCUT2D eigenvalue weighted by Gasteiger charge is 2.08. The Kier molecular flexibility index (Phi) is 4.44. The normalized spacial score (nSPS) is 10.4. The summed E-state index contributed by atoms with van der Waals surface area (Å²) in [4.78, 5) is 2.52. The minimum Gasteiger partial charge on any atom is -0.391 e. The number of aliphatic hydroxyl groups is 1. The maximum atomic E-state index is 13.2. The van der Waals surface area contributed by atoms with E-state index in [2.05, 4.69) is 10.0 Å². The Morgan fingerprint density at radius 2 is 2.00 bits per heavy atom. The molecule has 0 aromatic heterocycles. The SMILES string of the molecule is [N-]=[N+]=NCC=Cc1cc(F)c(CO)c(F)c1. The third-order valence-corrected chi connectivity index (χ3v) is 1.88. The molecule has 1 N–H and O–H groups in total. The van der Waals surface area contributed by atoms with Crippen molar-refractivity contribution in [2.75, 3.05) is 6.54 Å². The minimum absolute atomic E-state index is 0.113. The maximum Gasteiger partial charge on any atom is 0.132 e. The van der Waals surface area contributed by atoms with Crippen LogP contribution in [0.15, 0.2) is 23.3 Å². The fourth-order valence-corrected chi connectivity index (χ4v) is 1.14. The summed E-state index contributed by atoms with van der Waals surface area (Å²) >= 11 is 0. The van der Waals surface area contributed by atoms with Gasteiger partial charge in [0.1, 0.15) is 11.6 Å². The van der Waals surface area contributed by atoms with Crippen molar-refractivity contribution in [2.45, 2.75) is 6.61 Å². The van der Waals surface area contributed by atoms with E-state index in [-0.39, 0.29) is 12.1 Å². The van der Waals surface area contributed by atoms with Gasteiger partial charge in [0.25, 0.3) is 0 Å². The molecule has 0 aliphatic carbocycles. The third-order valence-electron chi connectivity index (χ3n) is 1.88. The van der Waals surface area contributed by atoms with Crippen molar-refractivity contribution in [1.82, 2.24) is 0 Å². The minimum atomic E-state index is -0.800. The van der Waals surface area contributed by atoms with Crippen LogP contribution in [0, 0.1) is 11.6 Å². The summed E-state index contributed by atoms with van der Waals surface area (Å²) in [5, 5.41) is 11.9. The van der Waals surface area contributed by atoms with Crippen LogP contribution in [-0.2, 0) is 6.61 Å². The fourth-order valence-electron chi connectivity index (χ4n) is 1.14. The van der Waals surface area contributed by atoms with Gasteiger partial charge in [-0.15, -0.1) is 0 Å². The molecule has 0 aliphatic heterocycles. The van der Waals surface area contributed by atoms with Gasteiger partial charge in [0, 0.05) is 17.0 Å². The first-order valence-corrected chi connectivity index (χ1v) is 4.45. The molecule has 6 heteroatoms. The molecule has 1 aromatic carbocycles. The lowest BCUT2D eigenvalue weighted by Crippen LogP contribution is -1.96. The number of benzene rings is 1. The van der Waals surface area contributed by atoms with Crippen molar-refractivity contribution in [3.05, 3.63) is 51.4 Å². The van der Waals surface area contributed by atoms with Crippen LogP contribution in [0.5, 0.6) is 0 Å². The molecule has 0 heterocycles. The standard InChI is InChI=1S/C10H9F2N3O/c11-9-4-7(2-1-3-14-15-13)5-10(12)8(9)6-16/h1-2,4-5,16H,3,6H2. The van der Waals surface area contributed by atoms with Crippen LogP contribution >= 0.6 is 0 Å². The zero-order valence-corrected chi connectivity index (χ0v) is 8.27. The summed E-state index contributed by atoms with van der Waals surface area (Å²) in [6.07, 6.45) is 2.91. The van der Waals surface area contributed by atoms with Gasteiger partial charge in [-0.25, -0.2) is 8.78 Å². The molecule has 1 rings (SSSR count). The van der Waals surface area contributed by atoms with E-state index in [4.69, 9.17) is 10.6 Å². The summed E-state index contributed by atoms with van der Waals surface area (Å²) in [5.74, 6) is -1.60. The Balaban J connectivity index is 2.91. The van der Waals surface area contributed by atoms with Crippen LogP contribution in [0.2, 0.25) is 0 Å². The predicted molar refractivity (Wildman–Crippen MR) is 55.3 cm³/mol. The summed E-state index contributed by atoms with van der Waals surface area (Å²) in [6.45, 7) is -0.568. The lowest BCUT2D eigenvalue weighted by Gasteiger charge is -2.02. The second-order valence-electron chi connectivity index (χ2n) is 2.94. The van der Waals surface area contributed by atoms with E-state index in [1.807, 2.05) is 0 Å². The molecule has 16 heavy (non-hydrogen) atoms. The van der Waals surface area contributed by atoms with Crippen LogP contribution in [0.1, 0.15) is 11.1 Å². The van der Waals surface area contributed by atoms with E-state index in [1.54, 1.807) is 0 Å². The van der Waals surface area contributed by atoms with E-state index >= 15 is 0 Å². The fraction of sp³-hybridized carbons (Fsp3) is 0.200. The Labute approximate surface area is 90.5 Å². The highest BCUT2D eigenvalue weighted by Crippen LogP contribution is 2.16. The van der Waals surface area contributed by atoms with Gasteiger partial charge in [0.15, 0.2) is 0 Å². The van der Waals surface area contributed by atoms with Crippen LogP contribution in [-0.4, -0.2) is 11.7 Å². The van der Waals surface area contributed by atoms with E-state index in [0.29, 0.717) is 5.56 Å². The van der Waals surface area contributed by atoms with Crippen molar-refractivity contribution in [1.29, 1.82) is 0 Å². The average molecular weight is 225 g/mol. The number of nitrogens with zero attached hydrogens (tertiary/aromatic N) is 3. The van der Waals surface area contributed by atoms with E-state index in [9.17, 15) is 8.78 Å². The predicted octanol–water partition coefficient (Wildman–Crippen LogP) is 2.78. The molecule has 0 saturated carbocycles. The highest BCUT2D eigenvalue weighted by molar-refractivity contribution is 5.50. The Morgan fingerprint density at radius 3 is 2.50 bits per heavy atom. The molecule has 0 fully saturated rings. The third kappa shape index (κ3) is 3.05. The van der Waals surface area contributed by atoms with Crippen LogP contribution in [0.4, 0.5) is 8.78 Å². The number of azide groups is 1. The molecular formula is C10H9F2N3O. The molecule has 0 aliphatic rings. The van der Waals surface area contributed by atoms with E-state index < -0.39 is 18.2 Å². The monoisotopic (exact) mass is 225 g/mol. The molecule has 0 bridgehead atoms. The van der Waals surface area contributed by atoms with Gasteiger partial charge in [-0.1, -0.05) is 17.3 Å². The van der Waals surface area contributed by atoms with Gasteiger partial charge < -0.3 is 5.11 Å². The molecule has 4 nitrogen and oxygen atoms in total. The Bertz CT molecular complexity index is 430. The van der Waals surface area contributed by atoms with Crippen molar-refractivity contribution in [2.24, 2.45) is 5.11 Å². The second-order valence-corrected chi connectivity index (χ2v) is 2.94. The summed E-state index contributed by atoms with van der Waals surface area (Å²) in [6, 6.07) is 2.20. The van der Waals surface area contributed by atoms with Crippen molar-refractivity contribution in [3.8, 4) is 0 Å². The van der Waals surface area contributed by atoms with Crippen molar-refractivity contribution >= 4 is 6.08 Å². The molecule has 0 radical (unpaired) electrons. The zero-order valence-electron chi connectivity index (χ0n) is 8.27. The first-order chi connectivity index (χ1) is 7.69. The molecule has 84 valence electrons. The average Bonchev–Trinajstić information content (AvgIpc) is 2.24. The quantitative estimate of drug-likeness (QED) is 0.477. The molecule has 1 aromatic rings. The summed E-state index contributed by atoms with van der Waals surface area (Å²) in [5.41, 5.74) is 7.95.